The molecule has 2 aromatic rings. The number of alkyl halides is 3. The van der Waals surface area contributed by atoms with Gasteiger partial charge in [-0.15, -0.1) is 11.3 Å². The second kappa shape index (κ2) is 10.1. The molecule has 2 rings (SSSR count). The highest BCUT2D eigenvalue weighted by molar-refractivity contribution is 7.11. The lowest BCUT2D eigenvalue weighted by atomic mass is 10.2. The Hall–Kier alpha value is -2.29. The number of nitrogens with one attached hydrogen (secondary N) is 2. The van der Waals surface area contributed by atoms with E-state index in [-0.39, 0.29) is 5.75 Å². The first kappa shape index (κ1) is 21.0. The maximum Gasteiger partial charge on any atom is 0.422 e. The van der Waals surface area contributed by atoms with Gasteiger partial charge < -0.3 is 15.4 Å². The average molecular weight is 400 g/mol. The van der Waals surface area contributed by atoms with Crippen molar-refractivity contribution < 1.29 is 17.9 Å². The van der Waals surface area contributed by atoms with E-state index >= 15 is 0 Å². The number of aryl methyl sites for hydroxylation is 1. The Morgan fingerprint density at radius 1 is 1.22 bits per heavy atom. The van der Waals surface area contributed by atoms with Crippen LogP contribution >= 0.6 is 11.3 Å². The molecular formula is C18H23F3N4OS. The Kier molecular flexibility index (Phi) is 7.90. The highest BCUT2D eigenvalue weighted by Crippen LogP contribution is 2.18. The van der Waals surface area contributed by atoms with Crippen LogP contribution < -0.4 is 15.4 Å². The van der Waals surface area contributed by atoms with Gasteiger partial charge in [-0.2, -0.15) is 13.2 Å². The Bertz CT molecular complexity index is 729. The number of thiazole rings is 1. The van der Waals surface area contributed by atoms with Crippen LogP contribution in [0, 0.1) is 0 Å². The van der Waals surface area contributed by atoms with E-state index in [4.69, 9.17) is 4.74 Å². The van der Waals surface area contributed by atoms with E-state index in [1.807, 2.05) is 6.20 Å². The van der Waals surface area contributed by atoms with Crippen molar-refractivity contribution in [2.24, 2.45) is 4.99 Å². The Morgan fingerprint density at radius 2 is 1.96 bits per heavy atom. The van der Waals surface area contributed by atoms with Crippen LogP contribution in [0.25, 0.3) is 0 Å². The second-order valence-electron chi connectivity index (χ2n) is 5.72. The number of hydrogen-bond acceptors (Lipinski definition) is 4. The summed E-state index contributed by atoms with van der Waals surface area (Å²) >= 11 is 1.72. The van der Waals surface area contributed by atoms with Gasteiger partial charge in [-0.3, -0.25) is 4.99 Å². The molecular weight excluding hydrogens is 377 g/mol. The van der Waals surface area contributed by atoms with E-state index in [0.717, 1.165) is 23.4 Å². The van der Waals surface area contributed by atoms with Crippen molar-refractivity contribution in [2.75, 3.05) is 20.2 Å². The summed E-state index contributed by atoms with van der Waals surface area (Å²) in [6, 6.07) is 6.47. The summed E-state index contributed by atoms with van der Waals surface area (Å²) < 4.78 is 41.1. The fourth-order valence-corrected chi connectivity index (χ4v) is 3.05. The van der Waals surface area contributed by atoms with Crippen LogP contribution in [-0.4, -0.2) is 37.3 Å². The molecule has 0 amide bonds. The molecule has 0 aliphatic heterocycles. The predicted molar refractivity (Wildman–Crippen MR) is 101 cm³/mol. The van der Waals surface area contributed by atoms with Crippen molar-refractivity contribution in [1.82, 2.24) is 15.6 Å². The molecule has 1 aromatic heterocycles. The zero-order chi connectivity index (χ0) is 19.7. The number of ether oxygens (including phenoxy) is 1. The fraction of sp³-hybridized carbons (Fsp3) is 0.444. The molecule has 5 nitrogen and oxygen atoms in total. The Morgan fingerprint density at radius 3 is 2.56 bits per heavy atom. The standard InChI is InChI=1S/C18H23F3N4OS/c1-3-15-11-24-16(27-15)8-9-23-17(22-2)25-10-13-4-6-14(7-5-13)26-12-18(19,20)21/h4-7,11H,3,8-10,12H2,1-2H3,(H2,22,23,25). The summed E-state index contributed by atoms with van der Waals surface area (Å²) in [5, 5.41) is 7.47. The summed E-state index contributed by atoms with van der Waals surface area (Å²) in [6.07, 6.45) is -0.616. The molecule has 0 saturated carbocycles. The van der Waals surface area contributed by atoms with Crippen LogP contribution in [0.5, 0.6) is 5.75 Å². The van der Waals surface area contributed by atoms with Gasteiger partial charge in [0.1, 0.15) is 5.75 Å². The number of rotatable bonds is 8. The summed E-state index contributed by atoms with van der Waals surface area (Å²) in [7, 11) is 1.68. The van der Waals surface area contributed by atoms with Crippen LogP contribution in [0.15, 0.2) is 35.5 Å². The molecule has 0 spiro atoms. The predicted octanol–water partition coefficient (Wildman–Crippen LogP) is 3.55. The van der Waals surface area contributed by atoms with Gasteiger partial charge >= 0.3 is 6.18 Å². The molecule has 0 aliphatic rings. The lowest BCUT2D eigenvalue weighted by molar-refractivity contribution is -0.153. The zero-order valence-corrected chi connectivity index (χ0v) is 16.1. The molecule has 0 radical (unpaired) electrons. The van der Waals surface area contributed by atoms with Gasteiger partial charge in [-0.05, 0) is 24.1 Å². The number of benzene rings is 1. The van der Waals surface area contributed by atoms with Crippen LogP contribution in [-0.2, 0) is 19.4 Å². The third kappa shape index (κ3) is 7.86. The monoisotopic (exact) mass is 400 g/mol. The normalized spacial score (nSPS) is 12.1. The summed E-state index contributed by atoms with van der Waals surface area (Å²) in [5.41, 5.74) is 0.907. The minimum Gasteiger partial charge on any atom is -0.484 e. The first-order valence-electron chi connectivity index (χ1n) is 8.56. The lowest BCUT2D eigenvalue weighted by Gasteiger charge is -2.12. The molecule has 148 valence electrons. The Labute approximate surface area is 160 Å². The van der Waals surface area contributed by atoms with Crippen molar-refractivity contribution in [3.05, 3.63) is 45.9 Å². The zero-order valence-electron chi connectivity index (χ0n) is 15.3. The molecule has 1 heterocycles. The van der Waals surface area contributed by atoms with Crippen molar-refractivity contribution >= 4 is 17.3 Å². The maximum atomic E-state index is 12.1. The summed E-state index contributed by atoms with van der Waals surface area (Å²) in [5.74, 6) is 0.841. The van der Waals surface area contributed by atoms with E-state index < -0.39 is 12.8 Å². The summed E-state index contributed by atoms with van der Waals surface area (Å²) in [6.45, 7) is 2.02. The van der Waals surface area contributed by atoms with Crippen LogP contribution in [0.3, 0.4) is 0 Å². The number of aromatic nitrogens is 1. The number of guanidine groups is 1. The van der Waals surface area contributed by atoms with E-state index in [9.17, 15) is 13.2 Å². The van der Waals surface area contributed by atoms with Gasteiger partial charge in [0, 0.05) is 37.6 Å². The van der Waals surface area contributed by atoms with Crippen LogP contribution in [0.1, 0.15) is 22.4 Å². The lowest BCUT2D eigenvalue weighted by Crippen LogP contribution is -2.37. The van der Waals surface area contributed by atoms with Gasteiger partial charge in [0.2, 0.25) is 0 Å². The van der Waals surface area contributed by atoms with Gasteiger partial charge in [-0.1, -0.05) is 19.1 Å². The third-order valence-electron chi connectivity index (χ3n) is 3.59. The molecule has 0 unspecified atom stereocenters. The number of halogens is 3. The van der Waals surface area contributed by atoms with Crippen LogP contribution in [0.2, 0.25) is 0 Å². The van der Waals surface area contributed by atoms with Crippen molar-refractivity contribution in [3.63, 3.8) is 0 Å². The molecule has 1 aromatic carbocycles. The molecule has 0 saturated heterocycles. The molecule has 9 heteroatoms. The van der Waals surface area contributed by atoms with Gasteiger partial charge in [0.25, 0.3) is 0 Å². The van der Waals surface area contributed by atoms with E-state index in [2.05, 4.69) is 27.5 Å². The van der Waals surface area contributed by atoms with Gasteiger partial charge in [0.15, 0.2) is 12.6 Å². The first-order chi connectivity index (χ1) is 12.9. The number of hydrogen-bond donors (Lipinski definition) is 2. The molecule has 0 fully saturated rings. The minimum atomic E-state index is -4.34. The molecule has 0 bridgehead atoms. The average Bonchev–Trinajstić information content (AvgIpc) is 3.11. The largest absolute Gasteiger partial charge is 0.484 e. The van der Waals surface area contributed by atoms with Crippen molar-refractivity contribution in [1.29, 1.82) is 0 Å². The highest BCUT2D eigenvalue weighted by atomic mass is 32.1. The molecule has 27 heavy (non-hydrogen) atoms. The minimum absolute atomic E-state index is 0.188. The van der Waals surface area contributed by atoms with E-state index in [1.54, 1.807) is 30.5 Å². The topological polar surface area (TPSA) is 58.5 Å². The van der Waals surface area contributed by atoms with Gasteiger partial charge in [-0.25, -0.2) is 4.98 Å². The highest BCUT2D eigenvalue weighted by Gasteiger charge is 2.28. The fourth-order valence-electron chi connectivity index (χ4n) is 2.19. The quantitative estimate of drug-likeness (QED) is 0.526. The maximum absolute atomic E-state index is 12.1. The SMILES string of the molecule is CCc1cnc(CCNC(=NC)NCc2ccc(OCC(F)(F)F)cc2)s1. The third-order valence-corrected chi connectivity index (χ3v) is 4.79. The Balaban J connectivity index is 1.73. The summed E-state index contributed by atoms with van der Waals surface area (Å²) in [4.78, 5) is 9.81. The first-order valence-corrected chi connectivity index (χ1v) is 9.38. The molecule has 0 atom stereocenters. The second-order valence-corrected chi connectivity index (χ2v) is 6.92. The van der Waals surface area contributed by atoms with Crippen molar-refractivity contribution in [2.45, 2.75) is 32.5 Å². The number of aliphatic imine (C=N–C) groups is 1. The number of nitrogens with zero attached hydrogens (tertiary/aromatic N) is 2. The van der Waals surface area contributed by atoms with Crippen molar-refractivity contribution in [3.8, 4) is 5.75 Å². The molecule has 2 N–H and O–H groups in total. The van der Waals surface area contributed by atoms with Gasteiger partial charge in [0.05, 0.1) is 5.01 Å². The smallest absolute Gasteiger partial charge is 0.422 e. The van der Waals surface area contributed by atoms with E-state index in [1.165, 1.54) is 17.0 Å². The molecule has 0 aliphatic carbocycles. The van der Waals surface area contributed by atoms with E-state index in [0.29, 0.717) is 19.0 Å². The van der Waals surface area contributed by atoms with Crippen LogP contribution in [0.4, 0.5) is 13.2 Å².